The summed E-state index contributed by atoms with van der Waals surface area (Å²) in [5.74, 6) is 0.340. The first-order chi connectivity index (χ1) is 20.1. The summed E-state index contributed by atoms with van der Waals surface area (Å²) in [6, 6.07) is 6.01. The van der Waals surface area contributed by atoms with Crippen LogP contribution < -0.4 is 15.5 Å². The minimum atomic E-state index is -3.89. The van der Waals surface area contributed by atoms with Crippen molar-refractivity contribution in [1.82, 2.24) is 29.7 Å². The van der Waals surface area contributed by atoms with Gasteiger partial charge in [0.05, 0.1) is 47.3 Å². The summed E-state index contributed by atoms with van der Waals surface area (Å²) in [5.41, 5.74) is 1.29. The number of sulfone groups is 1. The Balaban J connectivity index is 1.33. The predicted octanol–water partition coefficient (Wildman–Crippen LogP) is 3.14. The number of aryl methyl sites for hydroxylation is 1. The van der Waals surface area contributed by atoms with E-state index in [1.807, 2.05) is 6.92 Å². The summed E-state index contributed by atoms with van der Waals surface area (Å²) in [7, 11) is -2.16. The standard InChI is InChI=1S/C27H28FN9O4S/c1-17-16-41-10-9-37(17)23-11-22(27(7-8-27)42(39,40)21-5-3-19(28)4-6-21)33-24(34-23)18-12-29-25(30-13-18)35-26(38)32-20-14-31-36(2)15-20/h3-6,11-15,17H,7-10,16H2,1-2H3,(H2,29,30,32,35,38)/t17-/m0/s1. The van der Waals surface area contributed by atoms with Crippen LogP contribution in [0.4, 0.5) is 26.6 Å². The number of urea groups is 1. The molecule has 2 N–H and O–H groups in total. The van der Waals surface area contributed by atoms with Crippen LogP contribution in [0.2, 0.25) is 0 Å². The van der Waals surface area contributed by atoms with Gasteiger partial charge in [0.2, 0.25) is 5.95 Å². The number of rotatable bonds is 7. The van der Waals surface area contributed by atoms with Gasteiger partial charge < -0.3 is 15.0 Å². The van der Waals surface area contributed by atoms with E-state index in [1.165, 1.54) is 30.7 Å². The van der Waals surface area contributed by atoms with Crippen molar-refractivity contribution in [2.45, 2.75) is 35.4 Å². The average molecular weight is 594 g/mol. The molecule has 2 fully saturated rings. The highest BCUT2D eigenvalue weighted by Crippen LogP contribution is 2.55. The summed E-state index contributed by atoms with van der Waals surface area (Å²) >= 11 is 0. The minimum absolute atomic E-state index is 0.000591. The molecule has 0 spiro atoms. The Labute approximate surface area is 241 Å². The van der Waals surface area contributed by atoms with E-state index in [0.717, 1.165) is 12.1 Å². The zero-order chi connectivity index (χ0) is 29.5. The van der Waals surface area contributed by atoms with Crippen molar-refractivity contribution in [1.29, 1.82) is 0 Å². The van der Waals surface area contributed by atoms with Gasteiger partial charge in [-0.15, -0.1) is 0 Å². The van der Waals surface area contributed by atoms with Crippen molar-refractivity contribution >= 4 is 33.3 Å². The molecule has 1 atom stereocenters. The molecule has 3 aromatic heterocycles. The lowest BCUT2D eigenvalue weighted by Gasteiger charge is -2.34. The number of nitrogens with one attached hydrogen (secondary N) is 2. The number of hydrogen-bond donors (Lipinski definition) is 2. The van der Waals surface area contributed by atoms with Gasteiger partial charge in [0.25, 0.3) is 0 Å². The number of carbonyl (C=O) groups excluding carboxylic acids is 1. The van der Waals surface area contributed by atoms with E-state index in [4.69, 9.17) is 14.7 Å². The van der Waals surface area contributed by atoms with Gasteiger partial charge in [-0.05, 0) is 44.0 Å². The first kappa shape index (κ1) is 27.7. The van der Waals surface area contributed by atoms with Crippen molar-refractivity contribution in [2.24, 2.45) is 7.05 Å². The number of hydrogen-bond acceptors (Lipinski definition) is 10. The highest BCUT2D eigenvalue weighted by Gasteiger charge is 2.58. The van der Waals surface area contributed by atoms with Crippen molar-refractivity contribution in [3.63, 3.8) is 0 Å². The van der Waals surface area contributed by atoms with Crippen LogP contribution in [0.3, 0.4) is 0 Å². The second-order valence-electron chi connectivity index (χ2n) is 10.3. The molecule has 1 aromatic carbocycles. The minimum Gasteiger partial charge on any atom is -0.377 e. The first-order valence-corrected chi connectivity index (χ1v) is 14.8. The van der Waals surface area contributed by atoms with Crippen LogP contribution in [-0.2, 0) is 26.4 Å². The van der Waals surface area contributed by atoms with Crippen LogP contribution >= 0.6 is 0 Å². The van der Waals surface area contributed by atoms with Crippen molar-refractivity contribution in [3.8, 4) is 11.4 Å². The van der Waals surface area contributed by atoms with Crippen molar-refractivity contribution < 1.29 is 22.3 Å². The molecule has 2 amide bonds. The van der Waals surface area contributed by atoms with Gasteiger partial charge >= 0.3 is 6.03 Å². The summed E-state index contributed by atoms with van der Waals surface area (Å²) in [6.07, 6.45) is 6.81. The monoisotopic (exact) mass is 593 g/mol. The van der Waals surface area contributed by atoms with Gasteiger partial charge in [0.1, 0.15) is 16.4 Å². The topological polar surface area (TPSA) is 157 Å². The van der Waals surface area contributed by atoms with E-state index in [1.54, 1.807) is 24.0 Å². The number of benzene rings is 1. The van der Waals surface area contributed by atoms with Crippen molar-refractivity contribution in [2.75, 3.05) is 35.3 Å². The Kier molecular flexibility index (Phi) is 7.06. The molecular weight excluding hydrogens is 565 g/mol. The molecule has 1 aliphatic carbocycles. The molecule has 15 heteroatoms. The number of aromatic nitrogens is 6. The van der Waals surface area contributed by atoms with Crippen LogP contribution in [0.15, 0.2) is 60.0 Å². The second kappa shape index (κ2) is 10.7. The zero-order valence-corrected chi connectivity index (χ0v) is 23.7. The SMILES string of the molecule is C[C@H]1COCCN1c1cc(C2(S(=O)(=O)c3ccc(F)cc3)CC2)nc(-c2cnc(NC(=O)Nc3cnn(C)c3)nc2)n1. The molecule has 1 saturated heterocycles. The maximum absolute atomic E-state index is 13.8. The van der Waals surface area contributed by atoms with E-state index < -0.39 is 26.4 Å². The number of amides is 2. The van der Waals surface area contributed by atoms with Crippen LogP contribution in [0, 0.1) is 5.82 Å². The predicted molar refractivity (Wildman–Crippen MR) is 151 cm³/mol. The lowest BCUT2D eigenvalue weighted by atomic mass is 10.2. The second-order valence-corrected chi connectivity index (χ2v) is 12.5. The van der Waals surface area contributed by atoms with Gasteiger partial charge in [-0.3, -0.25) is 10.00 Å². The third-order valence-corrected chi connectivity index (χ3v) is 9.82. The Morgan fingerprint density at radius 3 is 2.48 bits per heavy atom. The maximum atomic E-state index is 13.8. The number of ether oxygens (including phenoxy) is 1. The molecule has 0 radical (unpaired) electrons. The maximum Gasteiger partial charge on any atom is 0.326 e. The Morgan fingerprint density at radius 1 is 1.10 bits per heavy atom. The molecule has 4 aromatic rings. The van der Waals surface area contributed by atoms with Crippen LogP contribution in [0.1, 0.15) is 25.5 Å². The lowest BCUT2D eigenvalue weighted by Crippen LogP contribution is -2.44. The third kappa shape index (κ3) is 5.27. The molecule has 4 heterocycles. The van der Waals surface area contributed by atoms with E-state index >= 15 is 0 Å². The number of morpholine rings is 1. The Morgan fingerprint density at radius 2 is 1.83 bits per heavy atom. The summed E-state index contributed by atoms with van der Waals surface area (Å²) < 4.78 is 47.1. The molecular formula is C27H28FN9O4S. The quantitative estimate of drug-likeness (QED) is 0.305. The molecule has 1 aliphatic heterocycles. The molecule has 6 rings (SSSR count). The zero-order valence-electron chi connectivity index (χ0n) is 22.9. The van der Waals surface area contributed by atoms with E-state index in [2.05, 4.69) is 30.6 Å². The van der Waals surface area contributed by atoms with Gasteiger partial charge in [-0.25, -0.2) is 37.5 Å². The molecule has 42 heavy (non-hydrogen) atoms. The molecule has 2 aliphatic rings. The van der Waals surface area contributed by atoms with Gasteiger partial charge in [0.15, 0.2) is 15.7 Å². The highest BCUT2D eigenvalue weighted by atomic mass is 32.2. The normalized spacial score (nSPS) is 18.0. The average Bonchev–Trinajstić information content (AvgIpc) is 3.71. The number of nitrogens with zero attached hydrogens (tertiary/aromatic N) is 7. The summed E-state index contributed by atoms with van der Waals surface area (Å²) in [5, 5.41) is 9.19. The van der Waals surface area contributed by atoms with E-state index in [0.29, 0.717) is 55.4 Å². The molecule has 0 unspecified atom stereocenters. The lowest BCUT2D eigenvalue weighted by molar-refractivity contribution is 0.0985. The smallest absolute Gasteiger partial charge is 0.326 e. The molecule has 1 saturated carbocycles. The fourth-order valence-corrected chi connectivity index (χ4v) is 6.85. The van der Waals surface area contributed by atoms with Crippen LogP contribution in [0.5, 0.6) is 0 Å². The van der Waals surface area contributed by atoms with E-state index in [-0.39, 0.29) is 22.7 Å². The van der Waals surface area contributed by atoms with Gasteiger partial charge in [0, 0.05) is 38.2 Å². The Bertz CT molecular complexity index is 1730. The fraction of sp³-hybridized carbons (Fsp3) is 0.333. The summed E-state index contributed by atoms with van der Waals surface area (Å²) in [4.78, 5) is 32.4. The van der Waals surface area contributed by atoms with Crippen LogP contribution in [-0.4, -0.2) is 70.0 Å². The largest absolute Gasteiger partial charge is 0.377 e. The van der Waals surface area contributed by atoms with Gasteiger partial charge in [-0.1, -0.05) is 0 Å². The summed E-state index contributed by atoms with van der Waals surface area (Å²) in [6.45, 7) is 3.57. The third-order valence-electron chi connectivity index (χ3n) is 7.28. The molecule has 218 valence electrons. The van der Waals surface area contributed by atoms with Crippen molar-refractivity contribution in [3.05, 3.63) is 66.6 Å². The Hall–Kier alpha value is -4.50. The first-order valence-electron chi connectivity index (χ1n) is 13.3. The molecule has 0 bridgehead atoms. The number of anilines is 3. The van der Waals surface area contributed by atoms with Crippen LogP contribution in [0.25, 0.3) is 11.4 Å². The highest BCUT2D eigenvalue weighted by molar-refractivity contribution is 7.92. The number of carbonyl (C=O) groups is 1. The fourth-order valence-electron chi connectivity index (χ4n) is 4.88. The van der Waals surface area contributed by atoms with Gasteiger partial charge in [-0.2, -0.15) is 5.10 Å². The number of halogens is 1. The molecule has 13 nitrogen and oxygen atoms in total. The van der Waals surface area contributed by atoms with E-state index in [9.17, 15) is 17.6 Å².